The molecule has 3 rings (SSSR count). The van der Waals surface area contributed by atoms with Crippen LogP contribution in [0.5, 0.6) is 5.75 Å². The Hall–Kier alpha value is -1.57. The van der Waals surface area contributed by atoms with E-state index in [2.05, 4.69) is 0 Å². The van der Waals surface area contributed by atoms with Crippen LogP contribution in [0, 0.1) is 0 Å². The highest BCUT2D eigenvalue weighted by atomic mass is 35.5. The first-order valence-corrected chi connectivity index (χ1v) is 11.7. The van der Waals surface area contributed by atoms with Gasteiger partial charge in [-0.1, -0.05) is 23.7 Å². The van der Waals surface area contributed by atoms with Crippen molar-refractivity contribution in [3.05, 3.63) is 51.2 Å². The number of sulfone groups is 1. The molecule has 1 saturated heterocycles. The lowest BCUT2D eigenvalue weighted by atomic mass is 10.1. The van der Waals surface area contributed by atoms with Gasteiger partial charge in [-0.3, -0.25) is 4.79 Å². The van der Waals surface area contributed by atoms with Crippen molar-refractivity contribution >= 4 is 38.7 Å². The zero-order valence-electron chi connectivity index (χ0n) is 15.1. The molecule has 1 unspecified atom stereocenters. The SMILES string of the molecule is COc1ccc(CN(C(=O)CCc2ccc(Cl)s2)C2CCS(=O)(=O)C2)cc1. The minimum absolute atomic E-state index is 0.0301. The number of amides is 1. The molecule has 1 aromatic heterocycles. The summed E-state index contributed by atoms with van der Waals surface area (Å²) in [5, 5.41) is 0. The lowest BCUT2D eigenvalue weighted by molar-refractivity contribution is -0.133. The summed E-state index contributed by atoms with van der Waals surface area (Å²) >= 11 is 7.42. The lowest BCUT2D eigenvalue weighted by Gasteiger charge is -2.28. The van der Waals surface area contributed by atoms with Crippen molar-refractivity contribution in [1.82, 2.24) is 4.90 Å². The van der Waals surface area contributed by atoms with Crippen LogP contribution >= 0.6 is 22.9 Å². The summed E-state index contributed by atoms with van der Waals surface area (Å²) < 4.78 is 29.7. The van der Waals surface area contributed by atoms with Crippen molar-refractivity contribution < 1.29 is 17.9 Å². The normalized spacial score (nSPS) is 18.4. The highest BCUT2D eigenvalue weighted by Crippen LogP contribution is 2.25. The predicted octanol–water partition coefficient (Wildman–Crippen LogP) is 3.56. The van der Waals surface area contributed by atoms with Crippen LogP contribution in [0.3, 0.4) is 0 Å². The summed E-state index contributed by atoms with van der Waals surface area (Å²) in [6.45, 7) is 0.397. The predicted molar refractivity (Wildman–Crippen MR) is 108 cm³/mol. The average molecular weight is 428 g/mol. The zero-order chi connectivity index (χ0) is 19.4. The quantitative estimate of drug-likeness (QED) is 0.677. The Labute approximate surface area is 168 Å². The maximum atomic E-state index is 12.9. The molecule has 0 saturated carbocycles. The van der Waals surface area contributed by atoms with Gasteiger partial charge in [-0.2, -0.15) is 0 Å². The molecule has 0 aliphatic carbocycles. The van der Waals surface area contributed by atoms with E-state index in [1.165, 1.54) is 11.3 Å². The minimum Gasteiger partial charge on any atom is -0.497 e. The van der Waals surface area contributed by atoms with E-state index in [-0.39, 0.29) is 23.5 Å². The van der Waals surface area contributed by atoms with Crippen LogP contribution < -0.4 is 4.74 Å². The number of nitrogens with zero attached hydrogens (tertiary/aromatic N) is 1. The molecule has 27 heavy (non-hydrogen) atoms. The summed E-state index contributed by atoms with van der Waals surface area (Å²) in [7, 11) is -1.47. The van der Waals surface area contributed by atoms with Crippen LogP contribution in [0.2, 0.25) is 4.34 Å². The van der Waals surface area contributed by atoms with Gasteiger partial charge in [0, 0.05) is 23.9 Å². The molecule has 2 aromatic rings. The van der Waals surface area contributed by atoms with Crippen molar-refractivity contribution in [2.24, 2.45) is 0 Å². The van der Waals surface area contributed by atoms with Gasteiger partial charge in [-0.25, -0.2) is 8.42 Å². The summed E-state index contributed by atoms with van der Waals surface area (Å²) in [6.07, 6.45) is 1.44. The van der Waals surface area contributed by atoms with Crippen molar-refractivity contribution in [2.75, 3.05) is 18.6 Å². The third kappa shape index (κ3) is 5.46. The first-order chi connectivity index (χ1) is 12.9. The number of benzene rings is 1. The summed E-state index contributed by atoms with van der Waals surface area (Å²) in [5.41, 5.74) is 0.951. The van der Waals surface area contributed by atoms with E-state index >= 15 is 0 Å². The highest BCUT2D eigenvalue weighted by Gasteiger charge is 2.34. The number of hydrogen-bond acceptors (Lipinski definition) is 5. The summed E-state index contributed by atoms with van der Waals surface area (Å²) in [4.78, 5) is 15.7. The molecular weight excluding hydrogens is 406 g/mol. The van der Waals surface area contributed by atoms with Crippen LogP contribution in [-0.2, 0) is 27.6 Å². The maximum Gasteiger partial charge on any atom is 0.223 e. The van der Waals surface area contributed by atoms with Crippen molar-refractivity contribution in [3.8, 4) is 5.75 Å². The molecule has 1 aliphatic rings. The third-order valence-corrected chi connectivity index (χ3v) is 7.74. The average Bonchev–Trinajstić information content (AvgIpc) is 3.23. The van der Waals surface area contributed by atoms with Gasteiger partial charge in [0.1, 0.15) is 5.75 Å². The minimum atomic E-state index is -3.07. The first kappa shape index (κ1) is 20.2. The largest absolute Gasteiger partial charge is 0.497 e. The zero-order valence-corrected chi connectivity index (χ0v) is 17.4. The van der Waals surface area contributed by atoms with Gasteiger partial charge in [0.15, 0.2) is 9.84 Å². The first-order valence-electron chi connectivity index (χ1n) is 8.73. The number of halogens is 1. The van der Waals surface area contributed by atoms with Crippen LogP contribution in [0.25, 0.3) is 0 Å². The molecule has 1 aromatic carbocycles. The Kier molecular flexibility index (Phi) is 6.44. The lowest BCUT2D eigenvalue weighted by Crippen LogP contribution is -2.40. The Morgan fingerprint density at radius 3 is 2.56 bits per heavy atom. The molecule has 5 nitrogen and oxygen atoms in total. The molecule has 1 aliphatic heterocycles. The molecule has 0 N–H and O–H groups in total. The smallest absolute Gasteiger partial charge is 0.223 e. The van der Waals surface area contributed by atoms with Gasteiger partial charge < -0.3 is 9.64 Å². The molecule has 1 atom stereocenters. The number of carbonyl (C=O) groups is 1. The monoisotopic (exact) mass is 427 g/mol. The molecular formula is C19H22ClNO4S2. The van der Waals surface area contributed by atoms with Gasteiger partial charge in [0.2, 0.25) is 5.91 Å². The molecule has 8 heteroatoms. The van der Waals surface area contributed by atoms with Crippen molar-refractivity contribution in [3.63, 3.8) is 0 Å². The highest BCUT2D eigenvalue weighted by molar-refractivity contribution is 7.91. The Morgan fingerprint density at radius 1 is 1.26 bits per heavy atom. The topological polar surface area (TPSA) is 63.7 Å². The van der Waals surface area contributed by atoms with Crippen LogP contribution in [0.4, 0.5) is 0 Å². The van der Waals surface area contributed by atoms with E-state index in [4.69, 9.17) is 16.3 Å². The number of rotatable bonds is 7. The number of carbonyl (C=O) groups excluding carboxylic acids is 1. The van der Waals surface area contributed by atoms with E-state index in [0.717, 1.165) is 16.2 Å². The summed E-state index contributed by atoms with van der Waals surface area (Å²) in [5.74, 6) is 0.900. The van der Waals surface area contributed by atoms with Crippen LogP contribution in [-0.4, -0.2) is 43.9 Å². The molecule has 146 valence electrons. The number of aryl methyl sites for hydroxylation is 1. The fourth-order valence-electron chi connectivity index (χ4n) is 3.23. The Bertz CT molecular complexity index is 893. The molecule has 0 spiro atoms. The maximum absolute atomic E-state index is 12.9. The number of thiophene rings is 1. The fraction of sp³-hybridized carbons (Fsp3) is 0.421. The van der Waals surface area contributed by atoms with Gasteiger partial charge in [0.05, 0.1) is 23.0 Å². The second-order valence-electron chi connectivity index (χ2n) is 6.63. The van der Waals surface area contributed by atoms with E-state index in [1.807, 2.05) is 36.4 Å². The molecule has 2 heterocycles. The molecule has 1 fully saturated rings. The third-order valence-electron chi connectivity index (χ3n) is 4.70. The molecule has 0 radical (unpaired) electrons. The molecule has 1 amide bonds. The second kappa shape index (κ2) is 8.63. The van der Waals surface area contributed by atoms with Gasteiger partial charge >= 0.3 is 0 Å². The van der Waals surface area contributed by atoms with Crippen molar-refractivity contribution in [1.29, 1.82) is 0 Å². The molecule has 0 bridgehead atoms. The standard InChI is InChI=1S/C19H22ClNO4S2/c1-25-16-4-2-14(3-5-16)12-21(15-10-11-27(23,24)13-15)19(22)9-7-17-6-8-18(20)26-17/h2-6,8,15H,7,9-13H2,1H3. The van der Waals surface area contributed by atoms with Crippen LogP contribution in [0.15, 0.2) is 36.4 Å². The van der Waals surface area contributed by atoms with E-state index in [1.54, 1.807) is 12.0 Å². The van der Waals surface area contributed by atoms with E-state index in [0.29, 0.717) is 30.1 Å². The number of hydrogen-bond donors (Lipinski definition) is 0. The Morgan fingerprint density at radius 2 is 2.00 bits per heavy atom. The number of methoxy groups -OCH3 is 1. The van der Waals surface area contributed by atoms with Crippen LogP contribution in [0.1, 0.15) is 23.3 Å². The Balaban J connectivity index is 1.72. The number of ether oxygens (including phenoxy) is 1. The second-order valence-corrected chi connectivity index (χ2v) is 10.7. The van der Waals surface area contributed by atoms with Crippen molar-refractivity contribution in [2.45, 2.75) is 31.8 Å². The van der Waals surface area contributed by atoms with E-state index in [9.17, 15) is 13.2 Å². The van der Waals surface area contributed by atoms with E-state index < -0.39 is 9.84 Å². The van der Waals surface area contributed by atoms with Gasteiger partial charge in [-0.05, 0) is 42.7 Å². The fourth-order valence-corrected chi connectivity index (χ4v) is 6.05. The summed E-state index contributed by atoms with van der Waals surface area (Å²) in [6, 6.07) is 11.0. The van der Waals surface area contributed by atoms with Gasteiger partial charge in [0.25, 0.3) is 0 Å². The van der Waals surface area contributed by atoms with Gasteiger partial charge in [-0.15, -0.1) is 11.3 Å².